The minimum atomic E-state index is -0.0955. The van der Waals surface area contributed by atoms with Gasteiger partial charge in [0, 0.05) is 26.2 Å². The summed E-state index contributed by atoms with van der Waals surface area (Å²) in [6.07, 6.45) is 0. The van der Waals surface area contributed by atoms with Gasteiger partial charge in [0.2, 0.25) is 0 Å². The number of phenols is 1. The topological polar surface area (TPSA) is 43.8 Å². The Morgan fingerprint density at radius 1 is 0.828 bits per heavy atom. The van der Waals surface area contributed by atoms with E-state index in [-0.39, 0.29) is 17.7 Å². The number of aromatic hydroxyl groups is 1. The summed E-state index contributed by atoms with van der Waals surface area (Å²) in [5, 5.41) is 10.1. The van der Waals surface area contributed by atoms with E-state index in [2.05, 4.69) is 53.4 Å². The highest BCUT2D eigenvalue weighted by Crippen LogP contribution is 2.30. The molecule has 0 aromatic heterocycles. The van der Waals surface area contributed by atoms with Crippen molar-refractivity contribution in [2.45, 2.75) is 13.0 Å². The first-order valence-electron chi connectivity index (χ1n) is 10.1. The Bertz CT molecular complexity index is 925. The zero-order chi connectivity index (χ0) is 20.2. The van der Waals surface area contributed by atoms with E-state index in [0.29, 0.717) is 18.7 Å². The molecule has 0 aliphatic carbocycles. The first kappa shape index (κ1) is 19.2. The Morgan fingerprint density at radius 2 is 1.38 bits per heavy atom. The number of carbonyl (C=O) groups excluding carboxylic acids is 1. The van der Waals surface area contributed by atoms with Crippen molar-refractivity contribution >= 4 is 5.91 Å². The van der Waals surface area contributed by atoms with Crippen LogP contribution < -0.4 is 0 Å². The van der Waals surface area contributed by atoms with Gasteiger partial charge in [-0.15, -0.1) is 0 Å². The Hall–Kier alpha value is -3.11. The fourth-order valence-corrected chi connectivity index (χ4v) is 4.06. The van der Waals surface area contributed by atoms with Crippen LogP contribution in [0.4, 0.5) is 0 Å². The smallest absolute Gasteiger partial charge is 0.257 e. The van der Waals surface area contributed by atoms with Crippen molar-refractivity contribution < 1.29 is 9.90 Å². The summed E-state index contributed by atoms with van der Waals surface area (Å²) in [5.41, 5.74) is 3.88. The van der Waals surface area contributed by atoms with Crippen molar-refractivity contribution in [3.05, 3.63) is 101 Å². The zero-order valence-electron chi connectivity index (χ0n) is 16.7. The van der Waals surface area contributed by atoms with E-state index in [1.165, 1.54) is 11.1 Å². The minimum absolute atomic E-state index is 0.0504. The summed E-state index contributed by atoms with van der Waals surface area (Å²) in [7, 11) is 0. The van der Waals surface area contributed by atoms with Gasteiger partial charge < -0.3 is 10.0 Å². The molecule has 1 saturated heterocycles. The molecule has 1 amide bonds. The predicted octanol–water partition coefficient (Wildman–Crippen LogP) is 4.25. The van der Waals surface area contributed by atoms with Gasteiger partial charge in [0.25, 0.3) is 5.91 Å². The van der Waals surface area contributed by atoms with Gasteiger partial charge in [-0.1, -0.05) is 72.3 Å². The molecule has 1 N–H and O–H groups in total. The molecule has 4 rings (SSSR count). The second-order valence-corrected chi connectivity index (χ2v) is 7.57. The van der Waals surface area contributed by atoms with Crippen LogP contribution in [0.25, 0.3) is 0 Å². The van der Waals surface area contributed by atoms with Gasteiger partial charge in [0.15, 0.2) is 0 Å². The highest BCUT2D eigenvalue weighted by Gasteiger charge is 2.29. The molecule has 1 aliphatic rings. The maximum Gasteiger partial charge on any atom is 0.257 e. The van der Waals surface area contributed by atoms with Crippen LogP contribution in [0.2, 0.25) is 0 Å². The van der Waals surface area contributed by atoms with Gasteiger partial charge in [-0.2, -0.15) is 0 Å². The normalized spacial score (nSPS) is 14.9. The number of aryl methyl sites for hydroxylation is 1. The van der Waals surface area contributed by atoms with Crippen LogP contribution in [0.3, 0.4) is 0 Å². The standard InChI is InChI=1S/C25H26N2O2/c1-19-12-13-23(28)22(18-19)25(29)27-16-14-26(15-17-27)24(20-8-4-2-5-9-20)21-10-6-3-7-11-21/h2-13,18,24,28H,14-17H2,1H3. The molecule has 3 aromatic rings. The van der Waals surface area contributed by atoms with Crippen LogP contribution in [0.5, 0.6) is 5.75 Å². The maximum absolute atomic E-state index is 12.9. The van der Waals surface area contributed by atoms with Crippen molar-refractivity contribution in [1.29, 1.82) is 0 Å². The summed E-state index contributed by atoms with van der Waals surface area (Å²) >= 11 is 0. The van der Waals surface area contributed by atoms with Gasteiger partial charge in [-0.25, -0.2) is 0 Å². The SMILES string of the molecule is Cc1ccc(O)c(C(=O)N2CCN(C(c3ccccc3)c3ccccc3)CC2)c1. The molecule has 0 unspecified atom stereocenters. The molecule has 29 heavy (non-hydrogen) atoms. The van der Waals surface area contributed by atoms with Crippen LogP contribution in [0, 0.1) is 6.92 Å². The molecule has 148 valence electrons. The summed E-state index contributed by atoms with van der Waals surface area (Å²) in [5.74, 6) is -0.0451. The van der Waals surface area contributed by atoms with Gasteiger partial charge in [0.05, 0.1) is 11.6 Å². The number of piperazine rings is 1. The Balaban J connectivity index is 1.52. The number of phenolic OH excluding ortho intramolecular Hbond substituents is 1. The van der Waals surface area contributed by atoms with Crippen molar-refractivity contribution in [2.24, 2.45) is 0 Å². The summed E-state index contributed by atoms with van der Waals surface area (Å²) < 4.78 is 0. The van der Waals surface area contributed by atoms with Gasteiger partial charge in [-0.05, 0) is 30.2 Å². The highest BCUT2D eigenvalue weighted by atomic mass is 16.3. The Morgan fingerprint density at radius 3 is 1.93 bits per heavy atom. The molecular formula is C25H26N2O2. The molecule has 0 radical (unpaired) electrons. The number of rotatable bonds is 4. The van der Waals surface area contributed by atoms with Crippen LogP contribution >= 0.6 is 0 Å². The van der Waals surface area contributed by atoms with E-state index in [1.807, 2.05) is 30.0 Å². The van der Waals surface area contributed by atoms with E-state index in [1.54, 1.807) is 12.1 Å². The quantitative estimate of drug-likeness (QED) is 0.729. The molecule has 0 spiro atoms. The number of hydrogen-bond acceptors (Lipinski definition) is 3. The lowest BCUT2D eigenvalue weighted by Gasteiger charge is -2.40. The third-order valence-electron chi connectivity index (χ3n) is 5.58. The van der Waals surface area contributed by atoms with Crippen LogP contribution in [0.15, 0.2) is 78.9 Å². The summed E-state index contributed by atoms with van der Waals surface area (Å²) in [4.78, 5) is 17.2. The van der Waals surface area contributed by atoms with E-state index in [0.717, 1.165) is 18.7 Å². The third-order valence-corrected chi connectivity index (χ3v) is 5.58. The van der Waals surface area contributed by atoms with Crippen molar-refractivity contribution in [3.63, 3.8) is 0 Å². The summed E-state index contributed by atoms with van der Waals surface area (Å²) in [6, 6.07) is 26.4. The third kappa shape index (κ3) is 4.17. The molecule has 4 nitrogen and oxygen atoms in total. The monoisotopic (exact) mass is 386 g/mol. The Labute approximate surface area is 172 Å². The van der Waals surface area contributed by atoms with Crippen molar-refractivity contribution in [3.8, 4) is 5.75 Å². The predicted molar refractivity (Wildman–Crippen MR) is 115 cm³/mol. The fraction of sp³-hybridized carbons (Fsp3) is 0.240. The van der Waals surface area contributed by atoms with Crippen LogP contribution in [-0.2, 0) is 0 Å². The molecule has 4 heteroatoms. The second kappa shape index (κ2) is 8.50. The van der Waals surface area contributed by atoms with E-state index in [9.17, 15) is 9.90 Å². The van der Waals surface area contributed by atoms with Crippen molar-refractivity contribution in [2.75, 3.05) is 26.2 Å². The van der Waals surface area contributed by atoms with Gasteiger partial charge in [-0.3, -0.25) is 9.69 Å². The minimum Gasteiger partial charge on any atom is -0.507 e. The van der Waals surface area contributed by atoms with Crippen molar-refractivity contribution in [1.82, 2.24) is 9.80 Å². The Kier molecular flexibility index (Phi) is 5.63. The van der Waals surface area contributed by atoms with Crippen LogP contribution in [0.1, 0.15) is 33.1 Å². The van der Waals surface area contributed by atoms with E-state index in [4.69, 9.17) is 0 Å². The molecule has 0 saturated carbocycles. The summed E-state index contributed by atoms with van der Waals surface area (Å²) in [6.45, 7) is 4.78. The lowest BCUT2D eigenvalue weighted by Crippen LogP contribution is -2.49. The number of benzene rings is 3. The first-order valence-corrected chi connectivity index (χ1v) is 10.1. The lowest BCUT2D eigenvalue weighted by atomic mass is 9.96. The number of amides is 1. The van der Waals surface area contributed by atoms with Gasteiger partial charge in [0.1, 0.15) is 5.75 Å². The lowest BCUT2D eigenvalue weighted by molar-refractivity contribution is 0.0594. The van der Waals surface area contributed by atoms with E-state index < -0.39 is 0 Å². The maximum atomic E-state index is 12.9. The molecule has 3 aromatic carbocycles. The number of nitrogens with zero attached hydrogens (tertiary/aromatic N) is 2. The van der Waals surface area contributed by atoms with Crippen LogP contribution in [-0.4, -0.2) is 47.0 Å². The molecule has 1 heterocycles. The molecule has 1 aliphatic heterocycles. The molecule has 0 bridgehead atoms. The molecule has 0 atom stereocenters. The average Bonchev–Trinajstić information content (AvgIpc) is 2.77. The fourth-order valence-electron chi connectivity index (χ4n) is 4.06. The number of carbonyl (C=O) groups is 1. The average molecular weight is 386 g/mol. The number of hydrogen-bond donors (Lipinski definition) is 1. The molecule has 1 fully saturated rings. The first-order chi connectivity index (χ1) is 14.1. The highest BCUT2D eigenvalue weighted by molar-refractivity contribution is 5.97. The van der Waals surface area contributed by atoms with E-state index >= 15 is 0 Å². The zero-order valence-corrected chi connectivity index (χ0v) is 16.7. The van der Waals surface area contributed by atoms with Gasteiger partial charge >= 0.3 is 0 Å². The largest absolute Gasteiger partial charge is 0.507 e. The molecular weight excluding hydrogens is 360 g/mol. The second-order valence-electron chi connectivity index (χ2n) is 7.57.